The molecular formula is C23H22N2O4S. The Morgan fingerprint density at radius 1 is 0.967 bits per heavy atom. The monoisotopic (exact) mass is 422 g/mol. The molecule has 4 rings (SSSR count). The van der Waals surface area contributed by atoms with Gasteiger partial charge in [-0.1, -0.05) is 36.4 Å². The number of nitrogens with one attached hydrogen (secondary N) is 2. The van der Waals surface area contributed by atoms with Crippen molar-refractivity contribution in [2.24, 2.45) is 0 Å². The van der Waals surface area contributed by atoms with Crippen LogP contribution in [0.3, 0.4) is 0 Å². The van der Waals surface area contributed by atoms with Crippen LogP contribution < -0.4 is 14.8 Å². The van der Waals surface area contributed by atoms with E-state index in [0.717, 1.165) is 16.9 Å². The summed E-state index contributed by atoms with van der Waals surface area (Å²) < 4.78 is 33.5. The van der Waals surface area contributed by atoms with E-state index in [4.69, 9.17) is 4.74 Å². The molecule has 1 atom stereocenters. The molecule has 0 saturated carbocycles. The van der Waals surface area contributed by atoms with Gasteiger partial charge in [0, 0.05) is 17.5 Å². The molecule has 7 heteroatoms. The van der Waals surface area contributed by atoms with Gasteiger partial charge in [0.2, 0.25) is 0 Å². The number of benzene rings is 3. The van der Waals surface area contributed by atoms with Crippen LogP contribution in [0, 0.1) is 6.92 Å². The van der Waals surface area contributed by atoms with Crippen LogP contribution in [0.15, 0.2) is 77.7 Å². The third kappa shape index (κ3) is 4.16. The lowest BCUT2D eigenvalue weighted by Gasteiger charge is -2.26. The highest BCUT2D eigenvalue weighted by Crippen LogP contribution is 2.31. The summed E-state index contributed by atoms with van der Waals surface area (Å²) in [6.07, 6.45) is 0.676. The minimum absolute atomic E-state index is 0.0960. The van der Waals surface area contributed by atoms with E-state index in [2.05, 4.69) is 10.0 Å². The molecule has 1 heterocycles. The summed E-state index contributed by atoms with van der Waals surface area (Å²) in [5.41, 5.74) is 2.69. The van der Waals surface area contributed by atoms with Crippen molar-refractivity contribution in [1.82, 2.24) is 5.32 Å². The quantitative estimate of drug-likeness (QED) is 0.650. The van der Waals surface area contributed by atoms with Crippen molar-refractivity contribution < 1.29 is 17.9 Å². The number of aryl methyl sites for hydroxylation is 1. The van der Waals surface area contributed by atoms with E-state index < -0.39 is 10.0 Å². The maximum Gasteiger partial charge on any atom is 0.261 e. The van der Waals surface area contributed by atoms with Gasteiger partial charge in [0.05, 0.1) is 23.2 Å². The standard InChI is InChI=1S/C23H22N2O4S/c1-16-6-2-4-8-20(16)25-30(27,28)18-12-10-17(11-13-18)23(26)24-21-14-15-29-22-9-5-3-7-19(21)22/h2-13,21,25H,14-15H2,1H3,(H,24,26). The molecule has 0 bridgehead atoms. The van der Waals surface area contributed by atoms with E-state index in [0.29, 0.717) is 24.3 Å². The van der Waals surface area contributed by atoms with Crippen LogP contribution in [0.4, 0.5) is 5.69 Å². The van der Waals surface area contributed by atoms with Crippen molar-refractivity contribution in [1.29, 1.82) is 0 Å². The Hall–Kier alpha value is -3.32. The largest absolute Gasteiger partial charge is 0.493 e. The molecule has 154 valence electrons. The zero-order chi connectivity index (χ0) is 21.1. The number of anilines is 1. The molecule has 0 aliphatic carbocycles. The number of carbonyl (C=O) groups is 1. The van der Waals surface area contributed by atoms with Crippen molar-refractivity contribution in [3.8, 4) is 5.75 Å². The second kappa shape index (κ2) is 8.20. The van der Waals surface area contributed by atoms with Crippen LogP contribution in [0.5, 0.6) is 5.75 Å². The van der Waals surface area contributed by atoms with E-state index >= 15 is 0 Å². The molecule has 3 aromatic rings. The number of para-hydroxylation sites is 2. The molecule has 0 fully saturated rings. The van der Waals surface area contributed by atoms with Gasteiger partial charge in [-0.2, -0.15) is 0 Å². The highest BCUT2D eigenvalue weighted by Gasteiger charge is 2.23. The number of rotatable bonds is 5. The smallest absolute Gasteiger partial charge is 0.261 e. The fourth-order valence-electron chi connectivity index (χ4n) is 3.41. The third-order valence-electron chi connectivity index (χ3n) is 5.08. The van der Waals surface area contributed by atoms with Gasteiger partial charge >= 0.3 is 0 Å². The normalized spacial score (nSPS) is 15.6. The summed E-state index contributed by atoms with van der Waals surface area (Å²) in [6.45, 7) is 2.36. The Labute approximate surface area is 176 Å². The fourth-order valence-corrected chi connectivity index (χ4v) is 4.54. The first kappa shape index (κ1) is 20.0. The molecule has 1 amide bonds. The number of carbonyl (C=O) groups excluding carboxylic acids is 1. The number of sulfonamides is 1. The van der Waals surface area contributed by atoms with Crippen LogP contribution in [-0.4, -0.2) is 20.9 Å². The summed E-state index contributed by atoms with van der Waals surface area (Å²) in [6, 6.07) is 20.6. The van der Waals surface area contributed by atoms with Crippen LogP contribution in [0.25, 0.3) is 0 Å². The molecule has 1 unspecified atom stereocenters. The van der Waals surface area contributed by atoms with Gasteiger partial charge in [0.1, 0.15) is 5.75 Å². The van der Waals surface area contributed by atoms with Crippen molar-refractivity contribution in [2.45, 2.75) is 24.3 Å². The van der Waals surface area contributed by atoms with Gasteiger partial charge in [-0.05, 0) is 48.9 Å². The van der Waals surface area contributed by atoms with Gasteiger partial charge in [-0.15, -0.1) is 0 Å². The molecule has 0 radical (unpaired) electrons. The Bertz CT molecular complexity index is 1170. The van der Waals surface area contributed by atoms with Gasteiger partial charge in [-0.25, -0.2) is 8.42 Å². The number of hydrogen-bond acceptors (Lipinski definition) is 4. The molecule has 1 aliphatic heterocycles. The highest BCUT2D eigenvalue weighted by molar-refractivity contribution is 7.92. The Kier molecular flexibility index (Phi) is 5.46. The molecule has 3 aromatic carbocycles. The van der Waals surface area contributed by atoms with E-state index in [-0.39, 0.29) is 16.8 Å². The summed E-state index contributed by atoms with van der Waals surface area (Å²) in [5.74, 6) is 0.519. The molecule has 0 aromatic heterocycles. The molecule has 6 nitrogen and oxygen atoms in total. The topological polar surface area (TPSA) is 84.5 Å². The average Bonchev–Trinajstić information content (AvgIpc) is 2.75. The lowest BCUT2D eigenvalue weighted by atomic mass is 10.00. The van der Waals surface area contributed by atoms with E-state index in [1.54, 1.807) is 12.1 Å². The van der Waals surface area contributed by atoms with Crippen LogP contribution in [0.2, 0.25) is 0 Å². The Morgan fingerprint density at radius 2 is 1.67 bits per heavy atom. The minimum atomic E-state index is -3.74. The van der Waals surface area contributed by atoms with Crippen molar-refractivity contribution in [3.63, 3.8) is 0 Å². The predicted molar refractivity (Wildman–Crippen MR) is 115 cm³/mol. The number of fused-ring (bicyclic) bond motifs is 1. The van der Waals surface area contributed by atoms with Gasteiger partial charge in [0.25, 0.3) is 15.9 Å². The highest BCUT2D eigenvalue weighted by atomic mass is 32.2. The Balaban J connectivity index is 1.48. The maximum atomic E-state index is 12.7. The SMILES string of the molecule is Cc1ccccc1NS(=O)(=O)c1ccc(C(=O)NC2CCOc3ccccc32)cc1. The zero-order valence-electron chi connectivity index (χ0n) is 16.5. The van der Waals surface area contributed by atoms with Crippen molar-refractivity contribution in [2.75, 3.05) is 11.3 Å². The van der Waals surface area contributed by atoms with Crippen LogP contribution >= 0.6 is 0 Å². The molecule has 0 saturated heterocycles. The lowest BCUT2D eigenvalue weighted by Crippen LogP contribution is -2.32. The molecular weight excluding hydrogens is 400 g/mol. The summed E-state index contributed by atoms with van der Waals surface area (Å²) in [7, 11) is -3.74. The van der Waals surface area contributed by atoms with Crippen molar-refractivity contribution in [3.05, 3.63) is 89.5 Å². The molecule has 2 N–H and O–H groups in total. The van der Waals surface area contributed by atoms with Crippen LogP contribution in [-0.2, 0) is 10.0 Å². The van der Waals surface area contributed by atoms with E-state index in [9.17, 15) is 13.2 Å². The van der Waals surface area contributed by atoms with Crippen molar-refractivity contribution >= 4 is 21.6 Å². The molecule has 0 spiro atoms. The first-order chi connectivity index (χ1) is 14.4. The second-order valence-electron chi connectivity index (χ2n) is 7.15. The summed E-state index contributed by atoms with van der Waals surface area (Å²) in [5, 5.41) is 3.01. The Morgan fingerprint density at radius 3 is 2.43 bits per heavy atom. The first-order valence-corrected chi connectivity index (χ1v) is 11.1. The van der Waals surface area contributed by atoms with Gasteiger partial charge in [-0.3, -0.25) is 9.52 Å². The van der Waals surface area contributed by atoms with Gasteiger partial charge in [0.15, 0.2) is 0 Å². The summed E-state index contributed by atoms with van der Waals surface area (Å²) >= 11 is 0. The van der Waals surface area contributed by atoms with Gasteiger partial charge < -0.3 is 10.1 Å². The second-order valence-corrected chi connectivity index (χ2v) is 8.83. The van der Waals surface area contributed by atoms with Crippen LogP contribution in [0.1, 0.15) is 33.9 Å². The molecule has 1 aliphatic rings. The predicted octanol–water partition coefficient (Wildman–Crippen LogP) is 4.05. The average molecular weight is 423 g/mol. The third-order valence-corrected chi connectivity index (χ3v) is 6.46. The number of amides is 1. The zero-order valence-corrected chi connectivity index (χ0v) is 17.3. The minimum Gasteiger partial charge on any atom is -0.493 e. The first-order valence-electron chi connectivity index (χ1n) is 9.65. The maximum absolute atomic E-state index is 12.7. The number of hydrogen-bond donors (Lipinski definition) is 2. The number of ether oxygens (including phenoxy) is 1. The summed E-state index contributed by atoms with van der Waals surface area (Å²) in [4.78, 5) is 12.8. The molecule has 30 heavy (non-hydrogen) atoms. The van der Waals surface area contributed by atoms with E-state index in [1.165, 1.54) is 24.3 Å². The van der Waals surface area contributed by atoms with E-state index in [1.807, 2.05) is 43.3 Å². The lowest BCUT2D eigenvalue weighted by molar-refractivity contribution is 0.0924. The fraction of sp³-hybridized carbons (Fsp3) is 0.174.